The Hall–Kier alpha value is -2.62. The molecule has 3 aromatic rings. The van der Waals surface area contributed by atoms with Crippen LogP contribution in [-0.4, -0.2) is 19.7 Å². The number of ether oxygens (including phenoxy) is 1. The van der Waals surface area contributed by atoms with Crippen molar-refractivity contribution in [3.05, 3.63) is 102 Å². The molecule has 0 radical (unpaired) electrons. The van der Waals surface area contributed by atoms with Gasteiger partial charge in [0.05, 0.1) is 13.2 Å². The molecule has 4 rings (SSSR count). The van der Waals surface area contributed by atoms with Crippen molar-refractivity contribution >= 4 is 0 Å². The standard InChI is InChI=1S/C27H32N2O/c1-30-25-14-8-13-23(19-25)27(20-28)17-15-24(16-18-27)29-26(21-9-4-2-5-10-21)22-11-6-3-7-12-22/h2-14,19,24,26,29H,15-18,20,28H2,1H3/t24-,27+. The summed E-state index contributed by atoms with van der Waals surface area (Å²) >= 11 is 0. The van der Waals surface area contributed by atoms with E-state index in [-0.39, 0.29) is 11.5 Å². The Bertz CT molecular complexity index is 878. The number of nitrogens with two attached hydrogens (primary N) is 1. The van der Waals surface area contributed by atoms with Gasteiger partial charge in [0.2, 0.25) is 0 Å². The van der Waals surface area contributed by atoms with Gasteiger partial charge in [-0.05, 0) is 54.5 Å². The van der Waals surface area contributed by atoms with Crippen molar-refractivity contribution in [2.75, 3.05) is 13.7 Å². The topological polar surface area (TPSA) is 47.3 Å². The van der Waals surface area contributed by atoms with Crippen LogP contribution in [0.3, 0.4) is 0 Å². The highest BCUT2D eigenvalue weighted by Crippen LogP contribution is 2.40. The Kier molecular flexibility index (Phi) is 6.51. The molecule has 0 saturated heterocycles. The number of hydrogen-bond donors (Lipinski definition) is 2. The molecule has 1 fully saturated rings. The molecule has 3 aromatic carbocycles. The van der Waals surface area contributed by atoms with E-state index in [0.717, 1.165) is 31.4 Å². The third-order valence-corrected chi connectivity index (χ3v) is 6.68. The molecule has 1 aliphatic carbocycles. The summed E-state index contributed by atoms with van der Waals surface area (Å²) in [6, 6.07) is 30.6. The van der Waals surface area contributed by atoms with Crippen LogP contribution in [0.15, 0.2) is 84.9 Å². The first-order valence-corrected chi connectivity index (χ1v) is 10.9. The van der Waals surface area contributed by atoms with Crippen LogP contribution < -0.4 is 15.8 Å². The summed E-state index contributed by atoms with van der Waals surface area (Å²) in [4.78, 5) is 0. The van der Waals surface area contributed by atoms with Gasteiger partial charge in [0.25, 0.3) is 0 Å². The van der Waals surface area contributed by atoms with E-state index in [9.17, 15) is 0 Å². The molecule has 156 valence electrons. The van der Waals surface area contributed by atoms with Gasteiger partial charge < -0.3 is 15.8 Å². The summed E-state index contributed by atoms with van der Waals surface area (Å²) in [5.41, 5.74) is 10.3. The van der Waals surface area contributed by atoms with Crippen molar-refractivity contribution < 1.29 is 4.74 Å². The van der Waals surface area contributed by atoms with Crippen LogP contribution in [0.25, 0.3) is 0 Å². The summed E-state index contributed by atoms with van der Waals surface area (Å²) in [6.07, 6.45) is 4.41. The van der Waals surface area contributed by atoms with Gasteiger partial charge in [-0.25, -0.2) is 0 Å². The monoisotopic (exact) mass is 400 g/mol. The minimum Gasteiger partial charge on any atom is -0.497 e. The van der Waals surface area contributed by atoms with E-state index >= 15 is 0 Å². The molecule has 3 nitrogen and oxygen atoms in total. The van der Waals surface area contributed by atoms with Gasteiger partial charge in [-0.2, -0.15) is 0 Å². The lowest BCUT2D eigenvalue weighted by Gasteiger charge is -2.41. The quantitative estimate of drug-likeness (QED) is 0.572. The first-order valence-electron chi connectivity index (χ1n) is 10.9. The van der Waals surface area contributed by atoms with Gasteiger partial charge in [-0.1, -0.05) is 72.8 Å². The molecule has 3 N–H and O–H groups in total. The summed E-state index contributed by atoms with van der Waals surface area (Å²) < 4.78 is 5.45. The summed E-state index contributed by atoms with van der Waals surface area (Å²) in [6.45, 7) is 0.674. The van der Waals surface area contributed by atoms with Gasteiger partial charge in [-0.3, -0.25) is 0 Å². The number of hydrogen-bond acceptors (Lipinski definition) is 3. The highest BCUT2D eigenvalue weighted by molar-refractivity contribution is 5.35. The Morgan fingerprint density at radius 1 is 0.900 bits per heavy atom. The number of benzene rings is 3. The molecule has 1 saturated carbocycles. The minimum absolute atomic E-state index is 0.0434. The average molecular weight is 401 g/mol. The van der Waals surface area contributed by atoms with Crippen LogP contribution in [0.2, 0.25) is 0 Å². The van der Waals surface area contributed by atoms with Crippen LogP contribution in [0, 0.1) is 0 Å². The van der Waals surface area contributed by atoms with Crippen molar-refractivity contribution in [3.8, 4) is 5.75 Å². The van der Waals surface area contributed by atoms with E-state index in [0.29, 0.717) is 12.6 Å². The Balaban J connectivity index is 1.51. The molecule has 0 unspecified atom stereocenters. The largest absolute Gasteiger partial charge is 0.497 e. The molecule has 0 spiro atoms. The summed E-state index contributed by atoms with van der Waals surface area (Å²) in [5, 5.41) is 3.96. The maximum Gasteiger partial charge on any atom is 0.119 e. The van der Waals surface area contributed by atoms with Crippen molar-refractivity contribution in [1.82, 2.24) is 5.32 Å². The van der Waals surface area contributed by atoms with Gasteiger partial charge in [-0.15, -0.1) is 0 Å². The van der Waals surface area contributed by atoms with E-state index in [4.69, 9.17) is 10.5 Å². The van der Waals surface area contributed by atoms with Crippen molar-refractivity contribution in [3.63, 3.8) is 0 Å². The molecule has 0 aliphatic heterocycles. The lowest BCUT2D eigenvalue weighted by molar-refractivity contribution is 0.244. The molecule has 0 amide bonds. The van der Waals surface area contributed by atoms with E-state index in [1.807, 2.05) is 6.07 Å². The van der Waals surface area contributed by atoms with Crippen LogP contribution >= 0.6 is 0 Å². The predicted molar refractivity (Wildman–Crippen MR) is 124 cm³/mol. The van der Waals surface area contributed by atoms with Crippen LogP contribution in [0.5, 0.6) is 5.75 Å². The molecule has 30 heavy (non-hydrogen) atoms. The Labute approximate surface area is 180 Å². The molecule has 3 heteroatoms. The minimum atomic E-state index is 0.0434. The number of methoxy groups -OCH3 is 1. The van der Waals surface area contributed by atoms with E-state index in [1.165, 1.54) is 16.7 Å². The van der Waals surface area contributed by atoms with Crippen molar-refractivity contribution in [2.45, 2.75) is 43.2 Å². The van der Waals surface area contributed by atoms with E-state index in [2.05, 4.69) is 84.2 Å². The summed E-state index contributed by atoms with van der Waals surface area (Å²) in [5.74, 6) is 0.911. The summed E-state index contributed by atoms with van der Waals surface area (Å²) in [7, 11) is 1.72. The molecule has 0 atom stereocenters. The first-order chi connectivity index (χ1) is 14.7. The van der Waals surface area contributed by atoms with Crippen molar-refractivity contribution in [1.29, 1.82) is 0 Å². The fourth-order valence-corrected chi connectivity index (χ4v) is 4.81. The highest BCUT2D eigenvalue weighted by atomic mass is 16.5. The highest BCUT2D eigenvalue weighted by Gasteiger charge is 2.36. The van der Waals surface area contributed by atoms with Gasteiger partial charge >= 0.3 is 0 Å². The molecular formula is C27H32N2O. The number of rotatable bonds is 7. The second-order valence-corrected chi connectivity index (χ2v) is 8.41. The lowest BCUT2D eigenvalue weighted by atomic mass is 9.68. The SMILES string of the molecule is COc1cccc([C@]2(CN)CC[C@H](NC(c3ccccc3)c3ccccc3)CC2)c1. The Morgan fingerprint density at radius 2 is 1.50 bits per heavy atom. The molecule has 0 bridgehead atoms. The Morgan fingerprint density at radius 3 is 2.03 bits per heavy atom. The van der Waals surface area contributed by atoms with Crippen molar-refractivity contribution in [2.24, 2.45) is 5.73 Å². The zero-order chi connectivity index (χ0) is 20.8. The third kappa shape index (κ3) is 4.43. The maximum absolute atomic E-state index is 6.33. The molecule has 1 aliphatic rings. The normalized spacial score (nSPS) is 21.5. The second-order valence-electron chi connectivity index (χ2n) is 8.41. The average Bonchev–Trinajstić information content (AvgIpc) is 2.84. The zero-order valence-electron chi connectivity index (χ0n) is 17.8. The molecule has 0 aromatic heterocycles. The van der Waals surface area contributed by atoms with E-state index < -0.39 is 0 Å². The number of nitrogens with one attached hydrogen (secondary N) is 1. The second kappa shape index (κ2) is 9.46. The first kappa shape index (κ1) is 20.6. The van der Waals surface area contributed by atoms with Gasteiger partial charge in [0.1, 0.15) is 5.75 Å². The smallest absolute Gasteiger partial charge is 0.119 e. The molecule has 0 heterocycles. The van der Waals surface area contributed by atoms with Gasteiger partial charge in [0.15, 0.2) is 0 Å². The van der Waals surface area contributed by atoms with Crippen LogP contribution in [0.4, 0.5) is 0 Å². The van der Waals surface area contributed by atoms with Gasteiger partial charge in [0, 0.05) is 18.0 Å². The lowest BCUT2D eigenvalue weighted by Crippen LogP contribution is -2.44. The predicted octanol–water partition coefficient (Wildman–Crippen LogP) is 5.21. The van der Waals surface area contributed by atoms with Crippen LogP contribution in [0.1, 0.15) is 48.4 Å². The molecular weight excluding hydrogens is 368 g/mol. The third-order valence-electron chi connectivity index (χ3n) is 6.68. The van der Waals surface area contributed by atoms with Crippen LogP contribution in [-0.2, 0) is 5.41 Å². The van der Waals surface area contributed by atoms with E-state index in [1.54, 1.807) is 7.11 Å². The fraction of sp³-hybridized carbons (Fsp3) is 0.333. The zero-order valence-corrected chi connectivity index (χ0v) is 17.8. The maximum atomic E-state index is 6.33. The fourth-order valence-electron chi connectivity index (χ4n) is 4.81.